The molecule has 1 atom stereocenters. The van der Waals surface area contributed by atoms with E-state index in [0.717, 1.165) is 11.1 Å². The number of sulfonamides is 1. The quantitative estimate of drug-likeness (QED) is 0.370. The molecule has 1 aliphatic rings. The van der Waals surface area contributed by atoms with Crippen molar-refractivity contribution < 1.29 is 22.0 Å². The smallest absolute Gasteiger partial charge is 0.245 e. The van der Waals surface area contributed by atoms with E-state index in [1.54, 1.807) is 36.4 Å². The van der Waals surface area contributed by atoms with Crippen molar-refractivity contribution in [1.82, 2.24) is 9.62 Å². The van der Waals surface area contributed by atoms with Crippen molar-refractivity contribution in [2.24, 2.45) is 0 Å². The van der Waals surface area contributed by atoms with Gasteiger partial charge in [-0.2, -0.15) is 4.31 Å². The summed E-state index contributed by atoms with van der Waals surface area (Å²) in [5.41, 5.74) is 2.07. The van der Waals surface area contributed by atoms with Gasteiger partial charge in [-0.25, -0.2) is 17.2 Å². The normalized spacial score (nSPS) is 17.2. The average Bonchev–Trinajstić information content (AvgIpc) is 2.86. The second-order valence-corrected chi connectivity index (χ2v) is 10.4. The number of carbonyl (C=O) groups is 1. The van der Waals surface area contributed by atoms with Crippen LogP contribution in [0.15, 0.2) is 83.8 Å². The summed E-state index contributed by atoms with van der Waals surface area (Å²) in [5.74, 6) is -1.26. The van der Waals surface area contributed by atoms with Crippen molar-refractivity contribution in [3.05, 3.63) is 107 Å². The van der Waals surface area contributed by atoms with Crippen LogP contribution in [0.2, 0.25) is 0 Å². The van der Waals surface area contributed by atoms with Crippen LogP contribution in [0.5, 0.6) is 0 Å². The first kappa shape index (κ1) is 25.2. The molecule has 35 heavy (non-hydrogen) atoms. The Bertz CT molecular complexity index is 1270. The molecule has 4 rings (SSSR count). The summed E-state index contributed by atoms with van der Waals surface area (Å²) in [6.07, 6.45) is 2.69. The zero-order valence-electron chi connectivity index (χ0n) is 18.6. The molecule has 3 aromatic rings. The van der Waals surface area contributed by atoms with Crippen LogP contribution in [0.25, 0.3) is 6.08 Å². The van der Waals surface area contributed by atoms with Gasteiger partial charge in [0.25, 0.3) is 0 Å². The first-order chi connectivity index (χ1) is 16.8. The number of nitrogens with one attached hydrogen (secondary N) is 1. The summed E-state index contributed by atoms with van der Waals surface area (Å²) in [5, 5.41) is 2.63. The molecule has 0 bridgehead atoms. The largest absolute Gasteiger partial charge is 0.314 e. The third-order valence-electron chi connectivity index (χ3n) is 5.97. The van der Waals surface area contributed by atoms with Gasteiger partial charge in [-0.1, -0.05) is 42.5 Å². The Hall–Kier alpha value is -2.91. The first-order valence-electron chi connectivity index (χ1n) is 11.0. The van der Waals surface area contributed by atoms with Crippen LogP contribution < -0.4 is 5.32 Å². The van der Waals surface area contributed by atoms with Gasteiger partial charge in [0.1, 0.15) is 11.6 Å². The molecule has 3 aromatic carbocycles. The molecule has 1 N–H and O–H groups in total. The maximum absolute atomic E-state index is 13.7. The molecular weight excluding hydrogens is 494 g/mol. The molecular formula is C26H23ClF2N2O3S. The minimum atomic E-state index is -3.91. The summed E-state index contributed by atoms with van der Waals surface area (Å²) in [7, 11) is -3.91. The van der Waals surface area contributed by atoms with Crippen LogP contribution in [0, 0.1) is 11.6 Å². The Labute approximate surface area is 208 Å². The van der Waals surface area contributed by atoms with Crippen LogP contribution >= 0.6 is 11.6 Å². The van der Waals surface area contributed by atoms with Crippen molar-refractivity contribution in [3.63, 3.8) is 0 Å². The van der Waals surface area contributed by atoms with Gasteiger partial charge in [0.15, 0.2) is 0 Å². The predicted octanol–water partition coefficient (Wildman–Crippen LogP) is 4.54. The highest BCUT2D eigenvalue weighted by Gasteiger charge is 2.39. The Morgan fingerprint density at radius 3 is 2.00 bits per heavy atom. The topological polar surface area (TPSA) is 66.5 Å². The van der Waals surface area contributed by atoms with E-state index in [4.69, 9.17) is 11.6 Å². The van der Waals surface area contributed by atoms with E-state index in [1.165, 1.54) is 52.9 Å². The van der Waals surface area contributed by atoms with Crippen LogP contribution in [-0.4, -0.2) is 43.6 Å². The van der Waals surface area contributed by atoms with E-state index in [9.17, 15) is 22.0 Å². The minimum absolute atomic E-state index is 0.107. The lowest BCUT2D eigenvalue weighted by atomic mass is 9.84. The van der Waals surface area contributed by atoms with Crippen molar-refractivity contribution in [2.45, 2.75) is 16.9 Å². The van der Waals surface area contributed by atoms with E-state index in [0.29, 0.717) is 18.7 Å². The lowest BCUT2D eigenvalue weighted by molar-refractivity contribution is -0.107. The fraction of sp³-hybridized carbons (Fsp3) is 0.192. The Balaban J connectivity index is 1.73. The molecule has 0 radical (unpaired) electrons. The summed E-state index contributed by atoms with van der Waals surface area (Å²) in [6, 6.07) is 17.5. The van der Waals surface area contributed by atoms with Crippen molar-refractivity contribution in [1.29, 1.82) is 0 Å². The van der Waals surface area contributed by atoms with Crippen LogP contribution in [-0.2, 0) is 14.8 Å². The second kappa shape index (κ2) is 10.8. The SMILES string of the molecule is O=C(Cl)C=Cc1ccc(S(=O)(=O)N2CCNCC2C(c2ccc(F)cc2)c2ccc(F)cc2)cc1. The molecule has 1 aliphatic heterocycles. The summed E-state index contributed by atoms with van der Waals surface area (Å²) in [4.78, 5) is 11.1. The van der Waals surface area contributed by atoms with E-state index < -0.39 is 38.9 Å². The molecule has 0 spiro atoms. The zero-order chi connectivity index (χ0) is 25.0. The number of hydrogen-bond donors (Lipinski definition) is 1. The number of rotatable bonds is 7. The van der Waals surface area contributed by atoms with Gasteiger partial charge in [0.05, 0.1) is 4.90 Å². The van der Waals surface area contributed by atoms with Gasteiger partial charge >= 0.3 is 0 Å². The maximum atomic E-state index is 13.7. The van der Waals surface area contributed by atoms with Crippen molar-refractivity contribution in [3.8, 4) is 0 Å². The molecule has 1 saturated heterocycles. The number of carbonyl (C=O) groups excluding carboxylic acids is 1. The molecule has 0 amide bonds. The second-order valence-electron chi connectivity index (χ2n) is 8.17. The number of hydrogen-bond acceptors (Lipinski definition) is 4. The first-order valence-corrected chi connectivity index (χ1v) is 12.8. The highest BCUT2D eigenvalue weighted by Crippen LogP contribution is 2.35. The molecule has 5 nitrogen and oxygen atoms in total. The van der Waals surface area contributed by atoms with Gasteiger partial charge in [0, 0.05) is 31.6 Å². The lowest BCUT2D eigenvalue weighted by Crippen LogP contribution is -2.55. The van der Waals surface area contributed by atoms with Gasteiger partial charge < -0.3 is 5.32 Å². The average molecular weight is 517 g/mol. The summed E-state index contributed by atoms with van der Waals surface area (Å²) < 4.78 is 56.3. The van der Waals surface area contributed by atoms with E-state index in [1.807, 2.05) is 0 Å². The van der Waals surface area contributed by atoms with Gasteiger partial charge in [-0.3, -0.25) is 4.79 Å². The summed E-state index contributed by atoms with van der Waals surface area (Å²) in [6.45, 7) is 1.06. The molecule has 1 unspecified atom stereocenters. The maximum Gasteiger partial charge on any atom is 0.245 e. The van der Waals surface area contributed by atoms with E-state index in [2.05, 4.69) is 5.32 Å². The van der Waals surface area contributed by atoms with Crippen molar-refractivity contribution in [2.75, 3.05) is 19.6 Å². The van der Waals surface area contributed by atoms with Crippen LogP contribution in [0.1, 0.15) is 22.6 Å². The fourth-order valence-electron chi connectivity index (χ4n) is 4.31. The fourth-order valence-corrected chi connectivity index (χ4v) is 6.01. The highest BCUT2D eigenvalue weighted by atomic mass is 35.5. The Kier molecular flexibility index (Phi) is 7.76. The zero-order valence-corrected chi connectivity index (χ0v) is 20.1. The summed E-state index contributed by atoms with van der Waals surface area (Å²) >= 11 is 5.32. The molecule has 1 fully saturated rings. The number of halogens is 3. The molecule has 0 aliphatic carbocycles. The Morgan fingerprint density at radius 1 is 0.943 bits per heavy atom. The van der Waals surface area contributed by atoms with Crippen LogP contribution in [0.4, 0.5) is 8.78 Å². The van der Waals surface area contributed by atoms with Gasteiger partial charge in [0.2, 0.25) is 15.3 Å². The van der Waals surface area contributed by atoms with Crippen molar-refractivity contribution >= 4 is 32.9 Å². The predicted molar refractivity (Wildman–Crippen MR) is 132 cm³/mol. The third kappa shape index (κ3) is 5.85. The lowest BCUT2D eigenvalue weighted by Gasteiger charge is -2.40. The van der Waals surface area contributed by atoms with E-state index >= 15 is 0 Å². The molecule has 0 aromatic heterocycles. The van der Waals surface area contributed by atoms with Gasteiger partial charge in [-0.15, -0.1) is 0 Å². The number of nitrogens with zero attached hydrogens (tertiary/aromatic N) is 1. The monoisotopic (exact) mass is 516 g/mol. The molecule has 0 saturated carbocycles. The number of benzene rings is 3. The molecule has 182 valence electrons. The van der Waals surface area contributed by atoms with Crippen LogP contribution in [0.3, 0.4) is 0 Å². The molecule has 9 heteroatoms. The number of allylic oxidation sites excluding steroid dienone is 1. The third-order valence-corrected chi connectivity index (χ3v) is 8.03. The van der Waals surface area contributed by atoms with Gasteiger partial charge in [-0.05, 0) is 70.8 Å². The number of piperazine rings is 1. The molecule has 1 heterocycles. The van der Waals surface area contributed by atoms with E-state index in [-0.39, 0.29) is 11.4 Å². The minimum Gasteiger partial charge on any atom is -0.314 e. The standard InChI is InChI=1S/C26H23ClF2N2O3S/c27-25(32)14-3-18-1-12-23(13-2-18)35(33,34)31-16-15-30-17-24(31)26(19-4-8-21(28)9-5-19)20-6-10-22(29)11-7-20/h1-14,24,26,30H,15-17H2. The Morgan fingerprint density at radius 2 is 1.49 bits per heavy atom. The highest BCUT2D eigenvalue weighted by molar-refractivity contribution is 7.89.